The van der Waals surface area contributed by atoms with Crippen molar-refractivity contribution in [2.45, 2.75) is 27.0 Å². The van der Waals surface area contributed by atoms with E-state index in [2.05, 4.69) is 0 Å². The molecule has 7 heteroatoms. The van der Waals surface area contributed by atoms with Gasteiger partial charge in [0.05, 0.1) is 11.6 Å². The molecule has 0 saturated heterocycles. The van der Waals surface area contributed by atoms with Gasteiger partial charge >= 0.3 is 5.97 Å². The molecule has 0 N–H and O–H groups in total. The summed E-state index contributed by atoms with van der Waals surface area (Å²) in [6, 6.07) is 7.57. The van der Waals surface area contributed by atoms with E-state index in [1.807, 2.05) is 30.6 Å². The number of rotatable bonds is 7. The predicted octanol–water partition coefficient (Wildman–Crippen LogP) is 4.19. The lowest BCUT2D eigenvalue weighted by Gasteiger charge is -2.08. The van der Waals surface area contributed by atoms with Crippen molar-refractivity contribution in [1.82, 2.24) is 4.57 Å². The molecule has 0 aliphatic rings. The van der Waals surface area contributed by atoms with E-state index in [1.165, 1.54) is 18.2 Å². The van der Waals surface area contributed by atoms with Crippen LogP contribution in [0.3, 0.4) is 0 Å². The number of carbonyl (C=O) groups excluding carboxylic acids is 1. The molecule has 0 aliphatic heterocycles. The van der Waals surface area contributed by atoms with Crippen LogP contribution in [0, 0.1) is 31.0 Å². The number of benzene rings is 1. The highest BCUT2D eigenvalue weighted by Crippen LogP contribution is 2.21. The smallest absolute Gasteiger partial charge is 0.349 e. The molecule has 142 valence electrons. The summed E-state index contributed by atoms with van der Waals surface area (Å²) in [4.78, 5) is 12.2. The minimum absolute atomic E-state index is 0.125. The quantitative estimate of drug-likeness (QED) is 0.404. The molecule has 0 aliphatic carbocycles. The number of hydrogen-bond donors (Lipinski definition) is 0. The van der Waals surface area contributed by atoms with Gasteiger partial charge in [0.2, 0.25) is 0 Å². The third kappa shape index (κ3) is 5.19. The van der Waals surface area contributed by atoms with E-state index >= 15 is 0 Å². The number of carbonyl (C=O) groups is 1. The highest BCUT2D eigenvalue weighted by atomic mass is 35.5. The summed E-state index contributed by atoms with van der Waals surface area (Å²) in [5.41, 5.74) is 3.02. The first-order valence-corrected chi connectivity index (χ1v) is 8.63. The Morgan fingerprint density at radius 1 is 1.37 bits per heavy atom. The monoisotopic (exact) mass is 390 g/mol. The number of methoxy groups -OCH3 is 1. The Hall–Kier alpha value is -2.62. The van der Waals surface area contributed by atoms with Crippen molar-refractivity contribution >= 4 is 23.6 Å². The SMILES string of the molecule is COCCn1c(C)cc(/C=C(\C#N)C(=O)OCc2ccc(F)cc2Cl)c1C. The van der Waals surface area contributed by atoms with Crippen LogP contribution < -0.4 is 0 Å². The molecule has 2 aromatic rings. The van der Waals surface area contributed by atoms with Gasteiger partial charge in [-0.15, -0.1) is 0 Å². The summed E-state index contributed by atoms with van der Waals surface area (Å²) < 4.78 is 25.4. The molecule has 5 nitrogen and oxygen atoms in total. The maximum absolute atomic E-state index is 13.1. The molecule has 1 aromatic carbocycles. The molecule has 0 bridgehead atoms. The number of ether oxygens (including phenoxy) is 2. The Morgan fingerprint density at radius 2 is 2.11 bits per heavy atom. The first-order valence-electron chi connectivity index (χ1n) is 8.26. The van der Waals surface area contributed by atoms with Gasteiger partial charge in [0, 0.05) is 30.6 Å². The molecule has 0 spiro atoms. The van der Waals surface area contributed by atoms with Gasteiger partial charge in [-0.25, -0.2) is 9.18 Å². The van der Waals surface area contributed by atoms with Crippen molar-refractivity contribution in [1.29, 1.82) is 5.26 Å². The molecule has 0 fully saturated rings. The number of halogens is 2. The number of nitrogens with zero attached hydrogens (tertiary/aromatic N) is 2. The molecular formula is C20H20ClFN2O3. The van der Waals surface area contributed by atoms with Crippen molar-refractivity contribution in [3.05, 3.63) is 63.2 Å². The van der Waals surface area contributed by atoms with Crippen LogP contribution in [0.1, 0.15) is 22.5 Å². The van der Waals surface area contributed by atoms with E-state index in [1.54, 1.807) is 7.11 Å². The summed E-state index contributed by atoms with van der Waals surface area (Å²) in [5, 5.41) is 9.49. The fraction of sp³-hybridized carbons (Fsp3) is 0.300. The third-order valence-corrected chi connectivity index (χ3v) is 4.50. The second kappa shape index (κ2) is 9.36. The zero-order chi connectivity index (χ0) is 20.0. The third-order valence-electron chi connectivity index (χ3n) is 4.15. The van der Waals surface area contributed by atoms with E-state index in [4.69, 9.17) is 21.1 Å². The van der Waals surface area contributed by atoms with Gasteiger partial charge in [-0.2, -0.15) is 5.26 Å². The zero-order valence-electron chi connectivity index (χ0n) is 15.4. The number of esters is 1. The average Bonchev–Trinajstić information content (AvgIpc) is 2.90. The predicted molar refractivity (Wildman–Crippen MR) is 101 cm³/mol. The van der Waals surface area contributed by atoms with Crippen LogP contribution in [-0.2, 0) is 27.4 Å². The number of aromatic nitrogens is 1. The molecule has 0 amide bonds. The Morgan fingerprint density at radius 3 is 2.74 bits per heavy atom. The molecule has 1 heterocycles. The second-order valence-corrected chi connectivity index (χ2v) is 6.36. The van der Waals surface area contributed by atoms with Gasteiger partial charge in [0.1, 0.15) is 24.1 Å². The van der Waals surface area contributed by atoms with E-state index in [9.17, 15) is 14.4 Å². The van der Waals surface area contributed by atoms with Crippen molar-refractivity contribution in [3.63, 3.8) is 0 Å². The summed E-state index contributed by atoms with van der Waals surface area (Å²) in [5.74, 6) is -1.24. The number of hydrogen-bond acceptors (Lipinski definition) is 4. The van der Waals surface area contributed by atoms with Gasteiger partial charge < -0.3 is 14.0 Å². The summed E-state index contributed by atoms with van der Waals surface area (Å²) in [6.07, 6.45) is 1.50. The second-order valence-electron chi connectivity index (χ2n) is 5.95. The maximum atomic E-state index is 13.1. The van der Waals surface area contributed by atoms with E-state index in [-0.39, 0.29) is 17.2 Å². The van der Waals surface area contributed by atoms with Crippen LogP contribution >= 0.6 is 11.6 Å². The molecule has 27 heavy (non-hydrogen) atoms. The molecule has 1 aromatic heterocycles. The molecule has 0 radical (unpaired) electrons. The first kappa shape index (κ1) is 20.7. The zero-order valence-corrected chi connectivity index (χ0v) is 16.1. The van der Waals surface area contributed by atoms with Gasteiger partial charge in [0.25, 0.3) is 0 Å². The van der Waals surface area contributed by atoms with Gasteiger partial charge in [0.15, 0.2) is 0 Å². The molecule has 0 atom stereocenters. The number of nitriles is 1. The van der Waals surface area contributed by atoms with Gasteiger partial charge in [-0.3, -0.25) is 0 Å². The lowest BCUT2D eigenvalue weighted by atomic mass is 10.1. The topological polar surface area (TPSA) is 64.2 Å². The van der Waals surface area contributed by atoms with Gasteiger partial charge in [-0.1, -0.05) is 17.7 Å². The number of aryl methyl sites for hydroxylation is 1. The Labute approximate surface area is 162 Å². The molecular weight excluding hydrogens is 371 g/mol. The van der Waals surface area contributed by atoms with Crippen LogP contribution in [0.2, 0.25) is 5.02 Å². The van der Waals surface area contributed by atoms with E-state index in [0.29, 0.717) is 18.7 Å². The minimum Gasteiger partial charge on any atom is -0.457 e. The summed E-state index contributed by atoms with van der Waals surface area (Å²) >= 11 is 5.91. The van der Waals surface area contributed by atoms with Crippen molar-refractivity contribution in [2.75, 3.05) is 13.7 Å². The van der Waals surface area contributed by atoms with Crippen molar-refractivity contribution in [3.8, 4) is 6.07 Å². The van der Waals surface area contributed by atoms with Crippen LogP contribution in [-0.4, -0.2) is 24.3 Å². The van der Waals surface area contributed by atoms with Gasteiger partial charge in [-0.05, 0) is 43.7 Å². The van der Waals surface area contributed by atoms with Crippen LogP contribution in [0.5, 0.6) is 0 Å². The van der Waals surface area contributed by atoms with Crippen LogP contribution in [0.4, 0.5) is 4.39 Å². The Balaban J connectivity index is 2.16. The molecule has 0 unspecified atom stereocenters. The van der Waals surface area contributed by atoms with Crippen molar-refractivity contribution < 1.29 is 18.7 Å². The Bertz CT molecular complexity index is 913. The van der Waals surface area contributed by atoms with Crippen LogP contribution in [0.25, 0.3) is 6.08 Å². The summed E-state index contributed by atoms with van der Waals surface area (Å²) in [6.45, 7) is 4.94. The lowest BCUT2D eigenvalue weighted by Crippen LogP contribution is -2.08. The maximum Gasteiger partial charge on any atom is 0.349 e. The lowest BCUT2D eigenvalue weighted by molar-refractivity contribution is -0.139. The van der Waals surface area contributed by atoms with E-state index < -0.39 is 11.8 Å². The van der Waals surface area contributed by atoms with E-state index in [0.717, 1.165) is 23.0 Å². The molecule has 2 rings (SSSR count). The van der Waals surface area contributed by atoms with Crippen molar-refractivity contribution in [2.24, 2.45) is 0 Å². The molecule has 0 saturated carbocycles. The fourth-order valence-electron chi connectivity index (χ4n) is 2.65. The largest absolute Gasteiger partial charge is 0.457 e. The van der Waals surface area contributed by atoms with Crippen LogP contribution in [0.15, 0.2) is 29.8 Å². The first-order chi connectivity index (χ1) is 12.9. The Kier molecular flexibility index (Phi) is 7.17. The minimum atomic E-state index is -0.764. The summed E-state index contributed by atoms with van der Waals surface area (Å²) in [7, 11) is 1.63. The normalized spacial score (nSPS) is 11.3. The highest BCUT2D eigenvalue weighted by molar-refractivity contribution is 6.31. The highest BCUT2D eigenvalue weighted by Gasteiger charge is 2.15. The fourth-order valence-corrected chi connectivity index (χ4v) is 2.87. The standard InChI is InChI=1S/C20H20ClFN2O3/c1-13-8-16(14(2)24(13)6-7-26-3)9-17(11-23)20(25)27-12-15-4-5-18(22)10-19(15)21/h4-5,8-10H,6-7,12H2,1-3H3/b17-9+. The average molecular weight is 391 g/mol.